The van der Waals surface area contributed by atoms with Crippen molar-refractivity contribution >= 4 is 29.1 Å². The summed E-state index contributed by atoms with van der Waals surface area (Å²) in [4.78, 5) is 28.1. The van der Waals surface area contributed by atoms with E-state index in [2.05, 4.69) is 20.3 Å². The fourth-order valence-electron chi connectivity index (χ4n) is 2.30. The normalized spacial score (nSPS) is 11.1. The molecule has 0 saturated carbocycles. The number of carbonyl (C=O) groups is 1. The molecule has 0 fully saturated rings. The Morgan fingerprint density at radius 2 is 2.04 bits per heavy atom. The van der Waals surface area contributed by atoms with Crippen LogP contribution in [0, 0.1) is 0 Å². The molecule has 1 amide bonds. The highest BCUT2D eigenvalue weighted by Crippen LogP contribution is 2.20. The molecule has 0 saturated heterocycles. The molecule has 0 radical (unpaired) electrons. The summed E-state index contributed by atoms with van der Waals surface area (Å²) in [7, 11) is 0. The molecular weight excluding hydrogens is 328 g/mol. The number of rotatable bonds is 5. The molecule has 0 aliphatic heterocycles. The predicted molar refractivity (Wildman–Crippen MR) is 91.2 cm³/mol. The zero-order valence-electron chi connectivity index (χ0n) is 13.2. The van der Waals surface area contributed by atoms with Crippen LogP contribution in [0.3, 0.4) is 0 Å². The molecular formula is C15H16N6O2S. The van der Waals surface area contributed by atoms with Gasteiger partial charge in [-0.15, -0.1) is 10.2 Å². The molecule has 2 aromatic heterocycles. The van der Waals surface area contributed by atoms with Crippen LogP contribution in [0.15, 0.2) is 46.5 Å². The van der Waals surface area contributed by atoms with Crippen LogP contribution in [0.2, 0.25) is 0 Å². The third kappa shape index (κ3) is 3.30. The van der Waals surface area contributed by atoms with Crippen LogP contribution >= 0.6 is 11.8 Å². The molecule has 0 aliphatic rings. The summed E-state index contributed by atoms with van der Waals surface area (Å²) in [6.07, 6.45) is 1.15. The molecule has 1 aromatic carbocycles. The van der Waals surface area contributed by atoms with Crippen molar-refractivity contribution in [1.29, 1.82) is 0 Å². The van der Waals surface area contributed by atoms with E-state index < -0.39 is 0 Å². The van der Waals surface area contributed by atoms with Gasteiger partial charge in [-0.25, -0.2) is 0 Å². The number of hydrogen-bond donors (Lipinski definition) is 1. The van der Waals surface area contributed by atoms with Crippen molar-refractivity contribution in [2.24, 2.45) is 0 Å². The molecule has 0 bridgehead atoms. The Labute approximate surface area is 141 Å². The van der Waals surface area contributed by atoms with Gasteiger partial charge in [0.2, 0.25) is 11.1 Å². The lowest BCUT2D eigenvalue weighted by molar-refractivity contribution is -0.116. The molecule has 1 N–H and O–H groups in total. The van der Waals surface area contributed by atoms with E-state index in [1.165, 1.54) is 16.3 Å². The van der Waals surface area contributed by atoms with Crippen molar-refractivity contribution in [3.63, 3.8) is 0 Å². The minimum absolute atomic E-state index is 0.0325. The molecule has 0 aliphatic carbocycles. The van der Waals surface area contributed by atoms with Crippen LogP contribution in [-0.4, -0.2) is 42.5 Å². The number of fused-ring (bicyclic) bond motifs is 1. The molecule has 8 nitrogen and oxygen atoms in total. The van der Waals surface area contributed by atoms with Crippen molar-refractivity contribution in [1.82, 2.24) is 24.8 Å². The van der Waals surface area contributed by atoms with E-state index >= 15 is 0 Å². The van der Waals surface area contributed by atoms with Gasteiger partial charge < -0.3 is 4.90 Å². The van der Waals surface area contributed by atoms with Crippen molar-refractivity contribution in [3.8, 4) is 0 Å². The predicted octanol–water partition coefficient (Wildman–Crippen LogP) is 1.35. The number of H-pyrrole nitrogens is 1. The van der Waals surface area contributed by atoms with Crippen LogP contribution in [0.25, 0.3) is 5.78 Å². The second-order valence-electron chi connectivity index (χ2n) is 5.33. The van der Waals surface area contributed by atoms with E-state index in [1.807, 2.05) is 44.2 Å². The first-order chi connectivity index (χ1) is 11.6. The van der Waals surface area contributed by atoms with Crippen molar-refractivity contribution in [2.45, 2.75) is 25.0 Å². The lowest BCUT2D eigenvalue weighted by Gasteiger charge is -2.26. The highest BCUT2D eigenvalue weighted by atomic mass is 32.2. The van der Waals surface area contributed by atoms with Crippen molar-refractivity contribution in [2.75, 3.05) is 10.7 Å². The Morgan fingerprint density at radius 3 is 2.75 bits per heavy atom. The summed E-state index contributed by atoms with van der Waals surface area (Å²) in [6, 6.07) is 9.55. The number of amides is 1. The second kappa shape index (κ2) is 6.83. The van der Waals surface area contributed by atoms with Gasteiger partial charge in [0, 0.05) is 11.7 Å². The molecule has 3 aromatic rings. The molecule has 0 atom stereocenters. The fourth-order valence-corrected chi connectivity index (χ4v) is 3.05. The van der Waals surface area contributed by atoms with E-state index in [4.69, 9.17) is 0 Å². The lowest BCUT2D eigenvalue weighted by Crippen LogP contribution is -2.38. The largest absolute Gasteiger partial charge is 0.309 e. The zero-order valence-corrected chi connectivity index (χ0v) is 14.0. The number of aromatic amines is 1. The molecule has 124 valence electrons. The van der Waals surface area contributed by atoms with Gasteiger partial charge in [-0.2, -0.15) is 9.61 Å². The molecule has 24 heavy (non-hydrogen) atoms. The maximum Gasteiger partial charge on any atom is 0.271 e. The van der Waals surface area contributed by atoms with E-state index in [0.29, 0.717) is 5.16 Å². The first kappa shape index (κ1) is 16.2. The monoisotopic (exact) mass is 344 g/mol. The molecule has 2 heterocycles. The summed E-state index contributed by atoms with van der Waals surface area (Å²) >= 11 is 1.22. The van der Waals surface area contributed by atoms with E-state index in [1.54, 1.807) is 4.90 Å². The van der Waals surface area contributed by atoms with Gasteiger partial charge in [0.25, 0.3) is 11.3 Å². The first-order valence-corrected chi connectivity index (χ1v) is 8.35. The summed E-state index contributed by atoms with van der Waals surface area (Å²) in [5, 5.41) is 12.2. The van der Waals surface area contributed by atoms with Crippen LogP contribution in [0.1, 0.15) is 13.8 Å². The second-order valence-corrected chi connectivity index (χ2v) is 6.28. The molecule has 0 unspecified atom stereocenters. The SMILES string of the molecule is CC(C)N(C(=O)CSc1nnc2[nH]c(=O)cnn12)c1ccccc1. The summed E-state index contributed by atoms with van der Waals surface area (Å²) < 4.78 is 1.40. The summed E-state index contributed by atoms with van der Waals surface area (Å²) in [5.41, 5.74) is 0.504. The number of benzene rings is 1. The minimum atomic E-state index is -0.349. The molecule has 3 rings (SSSR count). The van der Waals surface area contributed by atoms with E-state index in [-0.39, 0.29) is 29.0 Å². The smallest absolute Gasteiger partial charge is 0.271 e. The summed E-state index contributed by atoms with van der Waals surface area (Å²) in [5.74, 6) is 0.401. The van der Waals surface area contributed by atoms with Crippen molar-refractivity contribution in [3.05, 3.63) is 46.9 Å². The van der Waals surface area contributed by atoms with Gasteiger partial charge in [0.05, 0.1) is 5.75 Å². The van der Waals surface area contributed by atoms with E-state index in [0.717, 1.165) is 11.9 Å². The van der Waals surface area contributed by atoms with Gasteiger partial charge >= 0.3 is 0 Å². The third-order valence-corrected chi connectivity index (χ3v) is 4.19. The number of carbonyl (C=O) groups excluding carboxylic acids is 1. The number of nitrogens with zero attached hydrogens (tertiary/aromatic N) is 5. The van der Waals surface area contributed by atoms with Gasteiger partial charge in [-0.05, 0) is 26.0 Å². The number of nitrogens with one attached hydrogen (secondary N) is 1. The highest BCUT2D eigenvalue weighted by Gasteiger charge is 2.20. The minimum Gasteiger partial charge on any atom is -0.309 e. The molecule has 0 spiro atoms. The lowest BCUT2D eigenvalue weighted by atomic mass is 10.2. The quantitative estimate of drug-likeness (QED) is 0.702. The van der Waals surface area contributed by atoms with Crippen LogP contribution in [0.4, 0.5) is 5.69 Å². The Kier molecular flexibility index (Phi) is 4.61. The van der Waals surface area contributed by atoms with Crippen LogP contribution in [0.5, 0.6) is 0 Å². The maximum absolute atomic E-state index is 12.6. The Hall–Kier alpha value is -2.68. The number of aromatic nitrogens is 5. The number of hydrogen-bond acceptors (Lipinski definition) is 6. The van der Waals surface area contributed by atoms with Gasteiger partial charge in [0.15, 0.2) is 0 Å². The Bertz CT molecular complexity index is 905. The van der Waals surface area contributed by atoms with Gasteiger partial charge in [-0.1, -0.05) is 30.0 Å². The topological polar surface area (TPSA) is 96.2 Å². The Balaban J connectivity index is 1.77. The highest BCUT2D eigenvalue weighted by molar-refractivity contribution is 7.99. The summed E-state index contributed by atoms with van der Waals surface area (Å²) in [6.45, 7) is 3.93. The molecule has 9 heteroatoms. The average Bonchev–Trinajstić information content (AvgIpc) is 2.96. The number of thioether (sulfide) groups is 1. The first-order valence-electron chi connectivity index (χ1n) is 7.37. The Morgan fingerprint density at radius 1 is 1.29 bits per heavy atom. The van der Waals surface area contributed by atoms with Gasteiger partial charge in [0.1, 0.15) is 6.20 Å². The standard InChI is InChI=1S/C15H16N6O2S/c1-10(2)20(11-6-4-3-5-7-11)13(23)9-24-15-19-18-14-17-12(22)8-16-21(14)15/h3-8,10H,9H2,1-2H3,(H,17,18,22). The van der Waals surface area contributed by atoms with E-state index in [9.17, 15) is 9.59 Å². The number of anilines is 1. The third-order valence-electron chi connectivity index (χ3n) is 3.28. The maximum atomic E-state index is 12.6. The average molecular weight is 344 g/mol. The van der Waals surface area contributed by atoms with Crippen LogP contribution in [-0.2, 0) is 4.79 Å². The fraction of sp³-hybridized carbons (Fsp3) is 0.267. The van der Waals surface area contributed by atoms with Gasteiger partial charge in [-0.3, -0.25) is 14.6 Å². The van der Waals surface area contributed by atoms with Crippen LogP contribution < -0.4 is 10.5 Å². The van der Waals surface area contributed by atoms with Crippen molar-refractivity contribution < 1.29 is 4.79 Å². The zero-order chi connectivity index (χ0) is 17.1. The number of para-hydroxylation sites is 1.